The first-order valence-corrected chi connectivity index (χ1v) is 12.4. The Bertz CT molecular complexity index is 882. The van der Waals surface area contributed by atoms with Gasteiger partial charge in [0.2, 0.25) is 15.9 Å². The summed E-state index contributed by atoms with van der Waals surface area (Å²) in [6.07, 6.45) is 5.31. The molecule has 3 fully saturated rings. The molecular weight excluding hydrogens is 404 g/mol. The van der Waals surface area contributed by atoms with Crippen molar-refractivity contribution in [1.82, 2.24) is 9.62 Å². The second-order valence-corrected chi connectivity index (χ2v) is 10.8. The Morgan fingerprint density at radius 2 is 2.03 bits per heavy atom. The molecule has 166 valence electrons. The zero-order chi connectivity index (χ0) is 21.3. The molecule has 7 nitrogen and oxygen atoms in total. The second-order valence-electron chi connectivity index (χ2n) is 8.87. The summed E-state index contributed by atoms with van der Waals surface area (Å²) >= 11 is 0. The third-order valence-electron chi connectivity index (χ3n) is 7.00. The molecule has 1 aliphatic heterocycles. The fourth-order valence-electron chi connectivity index (χ4n) is 5.46. The molecule has 2 aliphatic carbocycles. The summed E-state index contributed by atoms with van der Waals surface area (Å²) in [5, 5.41) is 3.16. The molecule has 1 heterocycles. The molecule has 1 aromatic rings. The lowest BCUT2D eigenvalue weighted by Crippen LogP contribution is -2.41. The van der Waals surface area contributed by atoms with Crippen LogP contribution in [0.25, 0.3) is 0 Å². The van der Waals surface area contributed by atoms with E-state index in [0.29, 0.717) is 43.5 Å². The first-order valence-electron chi connectivity index (χ1n) is 10.9. The minimum absolute atomic E-state index is 0.0647. The molecule has 1 N–H and O–H groups in total. The van der Waals surface area contributed by atoms with E-state index in [1.807, 2.05) is 0 Å². The summed E-state index contributed by atoms with van der Waals surface area (Å²) in [6, 6.07) is 5.13. The van der Waals surface area contributed by atoms with E-state index in [1.165, 1.54) is 37.1 Å². The number of nitrogens with one attached hydrogen (secondary N) is 1. The van der Waals surface area contributed by atoms with E-state index in [-0.39, 0.29) is 23.3 Å². The number of hydrogen-bond donors (Lipinski definition) is 1. The van der Waals surface area contributed by atoms with E-state index in [1.54, 1.807) is 18.2 Å². The average molecular weight is 437 g/mol. The quantitative estimate of drug-likeness (QED) is 0.708. The summed E-state index contributed by atoms with van der Waals surface area (Å²) in [5.74, 6) is 2.39. The van der Waals surface area contributed by atoms with E-state index in [4.69, 9.17) is 9.47 Å². The molecule has 1 aromatic carbocycles. The van der Waals surface area contributed by atoms with Crippen LogP contribution in [0.4, 0.5) is 0 Å². The van der Waals surface area contributed by atoms with Gasteiger partial charge in [0, 0.05) is 19.1 Å². The number of fused-ring (bicyclic) bond motifs is 2. The molecule has 4 atom stereocenters. The number of methoxy groups -OCH3 is 1. The van der Waals surface area contributed by atoms with Crippen LogP contribution >= 0.6 is 0 Å². The van der Waals surface area contributed by atoms with Gasteiger partial charge in [-0.2, -0.15) is 4.31 Å². The van der Waals surface area contributed by atoms with Crippen molar-refractivity contribution in [2.24, 2.45) is 17.8 Å². The number of benzene rings is 1. The molecule has 2 saturated carbocycles. The minimum atomic E-state index is -3.71. The van der Waals surface area contributed by atoms with Crippen molar-refractivity contribution in [3.05, 3.63) is 23.8 Å². The summed E-state index contributed by atoms with van der Waals surface area (Å²) in [6.45, 7) is 3.50. The molecule has 4 rings (SSSR count). The molecule has 0 aromatic heterocycles. The number of hydrogen-bond acceptors (Lipinski definition) is 5. The molecule has 1 saturated heterocycles. The number of morpholine rings is 1. The van der Waals surface area contributed by atoms with Gasteiger partial charge in [-0.25, -0.2) is 8.42 Å². The van der Waals surface area contributed by atoms with Crippen LogP contribution < -0.4 is 10.1 Å². The Kier molecular flexibility index (Phi) is 6.36. The van der Waals surface area contributed by atoms with E-state index in [9.17, 15) is 13.2 Å². The highest BCUT2D eigenvalue weighted by atomic mass is 32.2. The van der Waals surface area contributed by atoms with Crippen LogP contribution in [-0.2, 0) is 26.0 Å². The molecule has 3 aliphatic rings. The summed E-state index contributed by atoms with van der Waals surface area (Å²) in [4.78, 5) is 12.8. The third kappa shape index (κ3) is 4.36. The first-order chi connectivity index (χ1) is 14.4. The van der Waals surface area contributed by atoms with Crippen LogP contribution in [0.15, 0.2) is 23.1 Å². The van der Waals surface area contributed by atoms with Gasteiger partial charge in [-0.05, 0) is 61.6 Å². The molecular formula is C22H32N2O5S. The lowest BCUT2D eigenvalue weighted by molar-refractivity contribution is -0.121. The van der Waals surface area contributed by atoms with Gasteiger partial charge in [0.05, 0.1) is 26.7 Å². The fourth-order valence-corrected chi connectivity index (χ4v) is 7.08. The van der Waals surface area contributed by atoms with Crippen LogP contribution in [-0.4, -0.2) is 58.1 Å². The topological polar surface area (TPSA) is 84.9 Å². The monoisotopic (exact) mass is 436 g/mol. The van der Waals surface area contributed by atoms with Gasteiger partial charge in [-0.1, -0.05) is 12.5 Å². The van der Waals surface area contributed by atoms with Gasteiger partial charge in [0.25, 0.3) is 0 Å². The van der Waals surface area contributed by atoms with E-state index in [0.717, 1.165) is 11.8 Å². The number of carbonyl (C=O) groups excluding carboxylic acids is 1. The standard InChI is InChI=1S/C22H32N2O5S/c1-15(19-12-16-3-5-18(19)11-16)23-22(25)14-17-4-6-20(28-2)21(13-17)30(26,27)24-7-9-29-10-8-24/h4,6,13,15-16,18-19H,3,5,7-12,14H2,1-2H3,(H,23,25)/t15-,16+,18+,19-/m1/s1. The number of nitrogens with zero attached hydrogens (tertiary/aromatic N) is 1. The van der Waals surface area contributed by atoms with Gasteiger partial charge < -0.3 is 14.8 Å². The normalized spacial score (nSPS) is 27.7. The molecule has 2 bridgehead atoms. The van der Waals surface area contributed by atoms with Crippen LogP contribution in [0, 0.1) is 17.8 Å². The Morgan fingerprint density at radius 1 is 1.27 bits per heavy atom. The predicted octanol–water partition coefficient (Wildman–Crippen LogP) is 2.20. The molecule has 30 heavy (non-hydrogen) atoms. The maximum absolute atomic E-state index is 13.1. The van der Waals surface area contributed by atoms with Gasteiger partial charge >= 0.3 is 0 Å². The van der Waals surface area contributed by atoms with E-state index < -0.39 is 10.0 Å². The van der Waals surface area contributed by atoms with Crippen molar-refractivity contribution in [2.45, 2.75) is 50.0 Å². The first kappa shape index (κ1) is 21.6. The third-order valence-corrected chi connectivity index (χ3v) is 8.92. The number of amides is 1. The van der Waals surface area contributed by atoms with Crippen LogP contribution in [0.3, 0.4) is 0 Å². The molecule has 1 amide bonds. The highest BCUT2D eigenvalue weighted by molar-refractivity contribution is 7.89. The number of sulfonamides is 1. The zero-order valence-corrected chi connectivity index (χ0v) is 18.6. The average Bonchev–Trinajstić information content (AvgIpc) is 3.38. The summed E-state index contributed by atoms with van der Waals surface area (Å²) in [5.41, 5.74) is 0.667. The number of carbonyl (C=O) groups is 1. The molecule has 0 radical (unpaired) electrons. The maximum atomic E-state index is 13.1. The van der Waals surface area contributed by atoms with E-state index in [2.05, 4.69) is 12.2 Å². The van der Waals surface area contributed by atoms with Crippen LogP contribution in [0.2, 0.25) is 0 Å². The molecule has 8 heteroatoms. The summed E-state index contributed by atoms with van der Waals surface area (Å²) in [7, 11) is -2.25. The van der Waals surface area contributed by atoms with Crippen molar-refractivity contribution >= 4 is 15.9 Å². The Labute approximate surface area is 179 Å². The van der Waals surface area contributed by atoms with Crippen molar-refractivity contribution in [2.75, 3.05) is 33.4 Å². The second kappa shape index (κ2) is 8.85. The van der Waals surface area contributed by atoms with Gasteiger partial charge in [0.1, 0.15) is 10.6 Å². The number of rotatable bonds is 7. The Morgan fingerprint density at radius 3 is 2.67 bits per heavy atom. The largest absolute Gasteiger partial charge is 0.495 e. The fraction of sp³-hybridized carbons (Fsp3) is 0.682. The van der Waals surface area contributed by atoms with Crippen molar-refractivity contribution in [3.8, 4) is 5.75 Å². The SMILES string of the molecule is COc1ccc(CC(=O)N[C@H](C)[C@H]2C[C@H]3CC[C@H]2C3)cc1S(=O)(=O)N1CCOCC1. The molecule has 0 unspecified atom stereocenters. The lowest BCUT2D eigenvalue weighted by Gasteiger charge is -2.28. The van der Waals surface area contributed by atoms with Crippen molar-refractivity contribution in [3.63, 3.8) is 0 Å². The summed E-state index contributed by atoms with van der Waals surface area (Å²) < 4.78 is 38.2. The van der Waals surface area contributed by atoms with Crippen LogP contribution in [0.5, 0.6) is 5.75 Å². The smallest absolute Gasteiger partial charge is 0.246 e. The number of ether oxygens (including phenoxy) is 2. The van der Waals surface area contributed by atoms with Gasteiger partial charge in [0.15, 0.2) is 0 Å². The van der Waals surface area contributed by atoms with E-state index >= 15 is 0 Å². The van der Waals surface area contributed by atoms with Gasteiger partial charge in [-0.15, -0.1) is 0 Å². The predicted molar refractivity (Wildman–Crippen MR) is 113 cm³/mol. The molecule has 0 spiro atoms. The lowest BCUT2D eigenvalue weighted by atomic mass is 9.84. The van der Waals surface area contributed by atoms with Crippen LogP contribution in [0.1, 0.15) is 38.2 Å². The van der Waals surface area contributed by atoms with Crippen molar-refractivity contribution < 1.29 is 22.7 Å². The highest BCUT2D eigenvalue weighted by Crippen LogP contribution is 2.49. The Balaban J connectivity index is 1.45. The van der Waals surface area contributed by atoms with Gasteiger partial charge in [-0.3, -0.25) is 4.79 Å². The zero-order valence-electron chi connectivity index (χ0n) is 17.8. The Hall–Kier alpha value is -1.64. The highest BCUT2D eigenvalue weighted by Gasteiger charge is 2.42. The van der Waals surface area contributed by atoms with Crippen molar-refractivity contribution in [1.29, 1.82) is 0 Å². The maximum Gasteiger partial charge on any atom is 0.246 e. The minimum Gasteiger partial charge on any atom is -0.495 e.